The van der Waals surface area contributed by atoms with Crippen molar-refractivity contribution >= 4 is 5.97 Å². The first-order valence-electron chi connectivity index (χ1n) is 8.38. The van der Waals surface area contributed by atoms with Gasteiger partial charge in [-0.25, -0.2) is 4.79 Å². The van der Waals surface area contributed by atoms with Gasteiger partial charge in [-0.15, -0.1) is 0 Å². The number of aliphatic hydroxyl groups is 1. The molecule has 1 fully saturated rings. The molecule has 5 heteroatoms. The van der Waals surface area contributed by atoms with Gasteiger partial charge < -0.3 is 19.3 Å². The number of hydrogen-bond acceptors (Lipinski definition) is 5. The van der Waals surface area contributed by atoms with Crippen molar-refractivity contribution < 1.29 is 24.1 Å². The third-order valence-corrected chi connectivity index (χ3v) is 4.17. The van der Waals surface area contributed by atoms with Gasteiger partial charge in [-0.3, -0.25) is 0 Å². The third kappa shape index (κ3) is 4.66. The molecule has 1 aliphatic heterocycles. The zero-order chi connectivity index (χ0) is 17.6. The Morgan fingerprint density at radius 2 is 1.76 bits per heavy atom. The molecule has 1 N–H and O–H groups in total. The lowest BCUT2D eigenvalue weighted by atomic mass is 10.0. The van der Waals surface area contributed by atoms with Gasteiger partial charge in [-0.05, 0) is 24.6 Å². The van der Waals surface area contributed by atoms with Gasteiger partial charge in [0.2, 0.25) is 0 Å². The van der Waals surface area contributed by atoms with Crippen molar-refractivity contribution in [2.75, 3.05) is 0 Å². The molecule has 0 saturated carbocycles. The molecule has 1 aliphatic rings. The molecule has 132 valence electrons. The number of carbonyl (C=O) groups excluding carboxylic acids is 1. The molecule has 0 aromatic heterocycles. The number of rotatable bonds is 5. The van der Waals surface area contributed by atoms with Crippen molar-refractivity contribution in [2.45, 2.75) is 44.6 Å². The maximum atomic E-state index is 12.2. The van der Waals surface area contributed by atoms with Crippen LogP contribution in [0.2, 0.25) is 0 Å². The van der Waals surface area contributed by atoms with Crippen molar-refractivity contribution in [1.29, 1.82) is 0 Å². The molecule has 2 aromatic carbocycles. The molecular formula is C20H22O5. The Morgan fingerprint density at radius 3 is 2.40 bits per heavy atom. The quantitative estimate of drug-likeness (QED) is 0.847. The smallest absolute Gasteiger partial charge is 0.338 e. The van der Waals surface area contributed by atoms with Crippen LogP contribution < -0.4 is 0 Å². The second-order valence-electron chi connectivity index (χ2n) is 6.11. The van der Waals surface area contributed by atoms with Crippen molar-refractivity contribution in [3.8, 4) is 0 Å². The summed E-state index contributed by atoms with van der Waals surface area (Å²) in [5.41, 5.74) is 1.48. The van der Waals surface area contributed by atoms with E-state index >= 15 is 0 Å². The van der Waals surface area contributed by atoms with E-state index in [1.54, 1.807) is 31.2 Å². The van der Waals surface area contributed by atoms with Crippen molar-refractivity contribution in [3.05, 3.63) is 71.8 Å². The summed E-state index contributed by atoms with van der Waals surface area (Å²) < 4.78 is 16.9. The summed E-state index contributed by atoms with van der Waals surface area (Å²) >= 11 is 0. The van der Waals surface area contributed by atoms with Gasteiger partial charge in [0.15, 0.2) is 12.4 Å². The topological polar surface area (TPSA) is 65.0 Å². The minimum absolute atomic E-state index is 0.254. The highest BCUT2D eigenvalue weighted by Gasteiger charge is 2.38. The van der Waals surface area contributed by atoms with Gasteiger partial charge in [0.1, 0.15) is 0 Å². The van der Waals surface area contributed by atoms with E-state index in [4.69, 9.17) is 14.2 Å². The molecule has 2 aromatic rings. The fraction of sp³-hybridized carbons (Fsp3) is 0.350. The number of ether oxygens (including phenoxy) is 3. The van der Waals surface area contributed by atoms with E-state index in [9.17, 15) is 9.90 Å². The van der Waals surface area contributed by atoms with Crippen LogP contribution in [0.15, 0.2) is 60.7 Å². The summed E-state index contributed by atoms with van der Waals surface area (Å²) in [6, 6.07) is 18.5. The molecule has 0 aliphatic carbocycles. The monoisotopic (exact) mass is 342 g/mol. The Bertz CT molecular complexity index is 661. The number of aliphatic hydroxyl groups excluding tert-OH is 1. The standard InChI is InChI=1S/C20H22O5/c1-14-19(25-20(22)16-10-6-3-7-11-16)17(21)12-18(24-14)23-13-15-8-4-2-5-9-15/h2-11,14,17-19,21H,12-13H2,1H3/t14-,17-,18-,19-/m1/s1. The van der Waals surface area contributed by atoms with E-state index in [0.717, 1.165) is 5.56 Å². The van der Waals surface area contributed by atoms with Gasteiger partial charge in [-0.2, -0.15) is 0 Å². The zero-order valence-corrected chi connectivity index (χ0v) is 14.1. The molecule has 1 heterocycles. The molecule has 0 radical (unpaired) electrons. The Kier molecular flexibility index (Phi) is 5.81. The molecule has 0 amide bonds. The van der Waals surface area contributed by atoms with Crippen LogP contribution in [-0.2, 0) is 20.8 Å². The van der Waals surface area contributed by atoms with Gasteiger partial charge >= 0.3 is 5.97 Å². The molecule has 0 spiro atoms. The average molecular weight is 342 g/mol. The Balaban J connectivity index is 1.54. The number of esters is 1. The molecule has 0 unspecified atom stereocenters. The average Bonchev–Trinajstić information content (AvgIpc) is 2.64. The van der Waals surface area contributed by atoms with Crippen LogP contribution in [-0.4, -0.2) is 35.7 Å². The molecule has 4 atom stereocenters. The SMILES string of the molecule is C[C@H]1O[C@@H](OCc2ccccc2)C[C@@H](O)[C@@H]1OC(=O)c1ccccc1. The molecule has 25 heavy (non-hydrogen) atoms. The van der Waals surface area contributed by atoms with Crippen LogP contribution >= 0.6 is 0 Å². The summed E-state index contributed by atoms with van der Waals surface area (Å²) in [5.74, 6) is -0.469. The second kappa shape index (κ2) is 8.25. The van der Waals surface area contributed by atoms with E-state index in [-0.39, 0.29) is 6.42 Å². The van der Waals surface area contributed by atoms with Crippen LogP contribution in [0.3, 0.4) is 0 Å². The molecule has 3 rings (SSSR count). The van der Waals surface area contributed by atoms with Crippen LogP contribution in [0, 0.1) is 0 Å². The highest BCUT2D eigenvalue weighted by molar-refractivity contribution is 5.89. The maximum absolute atomic E-state index is 12.2. The maximum Gasteiger partial charge on any atom is 0.338 e. The lowest BCUT2D eigenvalue weighted by molar-refractivity contribution is -0.249. The summed E-state index contributed by atoms with van der Waals surface area (Å²) in [7, 11) is 0. The zero-order valence-electron chi connectivity index (χ0n) is 14.1. The first-order valence-corrected chi connectivity index (χ1v) is 8.38. The van der Waals surface area contributed by atoms with Gasteiger partial charge in [-0.1, -0.05) is 48.5 Å². The fourth-order valence-electron chi connectivity index (χ4n) is 2.83. The highest BCUT2D eigenvalue weighted by atomic mass is 16.7. The first-order chi connectivity index (χ1) is 12.1. The normalized spacial score (nSPS) is 26.2. The van der Waals surface area contributed by atoms with E-state index < -0.39 is 30.6 Å². The lowest BCUT2D eigenvalue weighted by Crippen LogP contribution is -2.49. The number of carbonyl (C=O) groups is 1. The van der Waals surface area contributed by atoms with E-state index in [1.807, 2.05) is 36.4 Å². The predicted molar refractivity (Wildman–Crippen MR) is 91.8 cm³/mol. The van der Waals surface area contributed by atoms with Crippen LogP contribution in [0.5, 0.6) is 0 Å². The second-order valence-corrected chi connectivity index (χ2v) is 6.11. The van der Waals surface area contributed by atoms with Gasteiger partial charge in [0, 0.05) is 6.42 Å². The molecule has 1 saturated heterocycles. The van der Waals surface area contributed by atoms with E-state index in [1.165, 1.54) is 0 Å². The predicted octanol–water partition coefficient (Wildman–Crippen LogP) is 2.92. The van der Waals surface area contributed by atoms with Crippen molar-refractivity contribution in [2.24, 2.45) is 0 Å². The Labute approximate surface area is 147 Å². The Morgan fingerprint density at radius 1 is 1.12 bits per heavy atom. The third-order valence-electron chi connectivity index (χ3n) is 4.17. The summed E-state index contributed by atoms with van der Waals surface area (Å²) in [4.78, 5) is 12.2. The molecule has 5 nitrogen and oxygen atoms in total. The minimum Gasteiger partial charge on any atom is -0.453 e. The molecule has 0 bridgehead atoms. The van der Waals surface area contributed by atoms with Gasteiger partial charge in [0.05, 0.1) is 24.4 Å². The number of benzene rings is 2. The van der Waals surface area contributed by atoms with E-state index in [0.29, 0.717) is 12.2 Å². The lowest BCUT2D eigenvalue weighted by Gasteiger charge is -2.37. The first kappa shape index (κ1) is 17.6. The highest BCUT2D eigenvalue weighted by Crippen LogP contribution is 2.25. The summed E-state index contributed by atoms with van der Waals surface area (Å²) in [5, 5.41) is 10.4. The minimum atomic E-state index is -0.836. The summed E-state index contributed by atoms with van der Waals surface area (Å²) in [6.45, 7) is 2.17. The van der Waals surface area contributed by atoms with Crippen LogP contribution in [0.25, 0.3) is 0 Å². The van der Waals surface area contributed by atoms with E-state index in [2.05, 4.69) is 0 Å². The van der Waals surface area contributed by atoms with Gasteiger partial charge in [0.25, 0.3) is 0 Å². The largest absolute Gasteiger partial charge is 0.453 e. The number of hydrogen-bond donors (Lipinski definition) is 1. The van der Waals surface area contributed by atoms with Crippen LogP contribution in [0.1, 0.15) is 29.3 Å². The van der Waals surface area contributed by atoms with Crippen molar-refractivity contribution in [3.63, 3.8) is 0 Å². The Hall–Kier alpha value is -2.21. The molecular weight excluding hydrogens is 320 g/mol. The fourth-order valence-corrected chi connectivity index (χ4v) is 2.83. The van der Waals surface area contributed by atoms with Crippen molar-refractivity contribution in [1.82, 2.24) is 0 Å². The van der Waals surface area contributed by atoms with Crippen LogP contribution in [0.4, 0.5) is 0 Å². The summed E-state index contributed by atoms with van der Waals surface area (Å²) in [6.07, 6.45) is -2.29.